The predicted octanol–water partition coefficient (Wildman–Crippen LogP) is 1.50. The maximum absolute atomic E-state index is 9.70. The molecular weight excluding hydrogens is 238 g/mol. The summed E-state index contributed by atoms with van der Waals surface area (Å²) in [4.78, 5) is 0. The maximum atomic E-state index is 9.70. The SMILES string of the molecule is Oc1cc2c(cc1O)[C@@H](Cc1ccccc1)[NH2+]CC2. The molecule has 3 rings (SSSR count). The Hall–Kier alpha value is -2.00. The zero-order valence-corrected chi connectivity index (χ0v) is 10.7. The molecule has 0 saturated heterocycles. The minimum atomic E-state index is -0.0212. The van der Waals surface area contributed by atoms with Crippen molar-refractivity contribution in [2.24, 2.45) is 0 Å². The van der Waals surface area contributed by atoms with Gasteiger partial charge in [0.25, 0.3) is 0 Å². The van der Waals surface area contributed by atoms with Crippen LogP contribution in [-0.4, -0.2) is 16.8 Å². The molecule has 98 valence electrons. The molecule has 0 radical (unpaired) electrons. The zero-order chi connectivity index (χ0) is 13.2. The Morgan fingerprint density at radius 2 is 1.79 bits per heavy atom. The number of phenolic OH excluding ortho intramolecular Hbond substituents is 2. The van der Waals surface area contributed by atoms with Crippen LogP contribution in [0.5, 0.6) is 11.5 Å². The number of phenols is 2. The average molecular weight is 256 g/mol. The minimum absolute atomic E-state index is 0.0147. The quantitative estimate of drug-likeness (QED) is 0.713. The number of hydrogen-bond donors (Lipinski definition) is 3. The van der Waals surface area contributed by atoms with Gasteiger partial charge in [0, 0.05) is 18.4 Å². The van der Waals surface area contributed by atoms with Crippen LogP contribution in [0.4, 0.5) is 0 Å². The first-order valence-corrected chi connectivity index (χ1v) is 6.66. The first-order valence-electron chi connectivity index (χ1n) is 6.66. The Kier molecular flexibility index (Phi) is 3.13. The van der Waals surface area contributed by atoms with Gasteiger partial charge >= 0.3 is 0 Å². The molecule has 0 unspecified atom stereocenters. The van der Waals surface area contributed by atoms with E-state index in [1.165, 1.54) is 5.56 Å². The van der Waals surface area contributed by atoms with Crippen molar-refractivity contribution in [3.05, 3.63) is 59.2 Å². The van der Waals surface area contributed by atoms with E-state index in [0.717, 1.165) is 30.5 Å². The largest absolute Gasteiger partial charge is 0.504 e. The molecule has 0 aromatic heterocycles. The van der Waals surface area contributed by atoms with Crippen molar-refractivity contribution in [1.82, 2.24) is 0 Å². The molecule has 0 aliphatic carbocycles. The van der Waals surface area contributed by atoms with Crippen LogP contribution in [0.3, 0.4) is 0 Å². The lowest BCUT2D eigenvalue weighted by molar-refractivity contribution is -0.698. The molecule has 1 aliphatic heterocycles. The summed E-state index contributed by atoms with van der Waals surface area (Å²) >= 11 is 0. The first-order chi connectivity index (χ1) is 9.24. The summed E-state index contributed by atoms with van der Waals surface area (Å²) in [5, 5.41) is 21.6. The highest BCUT2D eigenvalue weighted by molar-refractivity contribution is 5.47. The van der Waals surface area contributed by atoms with Crippen LogP contribution < -0.4 is 5.32 Å². The van der Waals surface area contributed by atoms with Gasteiger partial charge in [-0.15, -0.1) is 0 Å². The number of aromatic hydroxyl groups is 2. The lowest BCUT2D eigenvalue weighted by Crippen LogP contribution is -2.87. The second-order valence-electron chi connectivity index (χ2n) is 5.11. The van der Waals surface area contributed by atoms with Crippen LogP contribution >= 0.6 is 0 Å². The highest BCUT2D eigenvalue weighted by Crippen LogP contribution is 2.32. The lowest BCUT2D eigenvalue weighted by Gasteiger charge is -2.24. The fourth-order valence-electron chi connectivity index (χ4n) is 2.83. The Morgan fingerprint density at radius 1 is 1.05 bits per heavy atom. The molecule has 1 aliphatic rings. The van der Waals surface area contributed by atoms with Crippen LogP contribution in [-0.2, 0) is 12.8 Å². The van der Waals surface area contributed by atoms with Crippen LogP contribution in [0.2, 0.25) is 0 Å². The summed E-state index contributed by atoms with van der Waals surface area (Å²) in [5.74, 6) is -0.0359. The molecule has 0 bridgehead atoms. The van der Waals surface area contributed by atoms with Gasteiger partial charge in [0.15, 0.2) is 11.5 Å². The topological polar surface area (TPSA) is 57.1 Å². The smallest absolute Gasteiger partial charge is 0.157 e. The van der Waals surface area contributed by atoms with Crippen LogP contribution in [0.15, 0.2) is 42.5 Å². The standard InChI is InChI=1S/C16H17NO2/c18-15-9-12-6-7-17-14(13(12)10-16(15)19)8-11-4-2-1-3-5-11/h1-5,9-10,14,17-19H,6-8H2/p+1/t14-/m1/s1. The van der Waals surface area contributed by atoms with Gasteiger partial charge in [0.05, 0.1) is 6.54 Å². The summed E-state index contributed by atoms with van der Waals surface area (Å²) in [7, 11) is 0. The summed E-state index contributed by atoms with van der Waals surface area (Å²) in [6.07, 6.45) is 1.88. The van der Waals surface area contributed by atoms with Gasteiger partial charge in [-0.2, -0.15) is 0 Å². The van der Waals surface area contributed by atoms with Crippen LogP contribution in [0.25, 0.3) is 0 Å². The Balaban J connectivity index is 1.92. The van der Waals surface area contributed by atoms with E-state index < -0.39 is 0 Å². The molecule has 2 aromatic carbocycles. The number of rotatable bonds is 2. The lowest BCUT2D eigenvalue weighted by atomic mass is 9.90. The summed E-state index contributed by atoms with van der Waals surface area (Å²) in [6, 6.07) is 14.1. The van der Waals surface area contributed by atoms with E-state index in [1.807, 2.05) is 18.2 Å². The van der Waals surface area contributed by atoms with Crippen molar-refractivity contribution in [3.63, 3.8) is 0 Å². The van der Waals surface area contributed by atoms with Crippen molar-refractivity contribution >= 4 is 0 Å². The molecular formula is C16H18NO2+. The van der Waals surface area contributed by atoms with Gasteiger partial charge in [-0.3, -0.25) is 0 Å². The molecule has 3 nitrogen and oxygen atoms in total. The van der Waals surface area contributed by atoms with E-state index in [-0.39, 0.29) is 11.5 Å². The van der Waals surface area contributed by atoms with E-state index in [9.17, 15) is 10.2 Å². The molecule has 0 amide bonds. The molecule has 3 heteroatoms. The fourth-order valence-corrected chi connectivity index (χ4v) is 2.83. The molecule has 1 atom stereocenters. The predicted molar refractivity (Wildman–Crippen MR) is 73.2 cm³/mol. The third-order valence-corrected chi connectivity index (χ3v) is 3.80. The van der Waals surface area contributed by atoms with Crippen LogP contribution in [0, 0.1) is 0 Å². The number of benzene rings is 2. The third kappa shape index (κ3) is 2.42. The van der Waals surface area contributed by atoms with Crippen molar-refractivity contribution in [1.29, 1.82) is 0 Å². The highest BCUT2D eigenvalue weighted by Gasteiger charge is 2.25. The summed E-state index contributed by atoms with van der Waals surface area (Å²) in [6.45, 7) is 1.02. The average Bonchev–Trinajstić information content (AvgIpc) is 2.42. The number of quaternary nitrogens is 1. The van der Waals surface area contributed by atoms with Gasteiger partial charge in [0.2, 0.25) is 0 Å². The minimum Gasteiger partial charge on any atom is -0.504 e. The summed E-state index contributed by atoms with van der Waals surface area (Å²) < 4.78 is 0. The maximum Gasteiger partial charge on any atom is 0.157 e. The Labute approximate surface area is 112 Å². The molecule has 2 aromatic rings. The molecule has 1 heterocycles. The monoisotopic (exact) mass is 256 g/mol. The van der Waals surface area contributed by atoms with Gasteiger partial charge in [0.1, 0.15) is 6.04 Å². The number of nitrogens with two attached hydrogens (primary N) is 1. The van der Waals surface area contributed by atoms with E-state index in [4.69, 9.17) is 0 Å². The second-order valence-corrected chi connectivity index (χ2v) is 5.11. The number of hydrogen-bond acceptors (Lipinski definition) is 2. The normalized spacial score (nSPS) is 18.0. The zero-order valence-electron chi connectivity index (χ0n) is 10.7. The van der Waals surface area contributed by atoms with Crippen molar-refractivity contribution in [2.75, 3.05) is 6.54 Å². The van der Waals surface area contributed by atoms with E-state index in [1.54, 1.807) is 12.1 Å². The van der Waals surface area contributed by atoms with E-state index >= 15 is 0 Å². The van der Waals surface area contributed by atoms with Crippen molar-refractivity contribution in [2.45, 2.75) is 18.9 Å². The Morgan fingerprint density at radius 3 is 2.58 bits per heavy atom. The first kappa shape index (κ1) is 12.1. The van der Waals surface area contributed by atoms with Crippen molar-refractivity contribution < 1.29 is 15.5 Å². The van der Waals surface area contributed by atoms with Crippen LogP contribution in [0.1, 0.15) is 22.7 Å². The van der Waals surface area contributed by atoms with Gasteiger partial charge in [-0.25, -0.2) is 0 Å². The Bertz CT molecular complexity index is 581. The summed E-state index contributed by atoms with van der Waals surface area (Å²) in [5.41, 5.74) is 3.59. The molecule has 0 spiro atoms. The van der Waals surface area contributed by atoms with Gasteiger partial charge in [-0.05, 0) is 23.3 Å². The van der Waals surface area contributed by atoms with Gasteiger partial charge in [-0.1, -0.05) is 30.3 Å². The van der Waals surface area contributed by atoms with Gasteiger partial charge < -0.3 is 15.5 Å². The van der Waals surface area contributed by atoms with E-state index in [2.05, 4.69) is 17.4 Å². The molecule has 19 heavy (non-hydrogen) atoms. The molecule has 0 saturated carbocycles. The van der Waals surface area contributed by atoms with Crippen molar-refractivity contribution in [3.8, 4) is 11.5 Å². The second kappa shape index (κ2) is 4.94. The third-order valence-electron chi connectivity index (χ3n) is 3.80. The fraction of sp³-hybridized carbons (Fsp3) is 0.250. The molecule has 4 N–H and O–H groups in total. The highest BCUT2D eigenvalue weighted by atomic mass is 16.3. The molecule has 0 fully saturated rings. The number of fused-ring (bicyclic) bond motifs is 1. The van der Waals surface area contributed by atoms with E-state index in [0.29, 0.717) is 6.04 Å².